The summed E-state index contributed by atoms with van der Waals surface area (Å²) >= 11 is 0. The number of allylic oxidation sites excluding steroid dienone is 1. The maximum atomic E-state index is 12.6. The van der Waals surface area contributed by atoms with Gasteiger partial charge in [-0.05, 0) is 67.8 Å². The number of carbonyl (C=O) groups is 1. The molecule has 1 aliphatic rings. The first-order valence-corrected chi connectivity index (χ1v) is 11.0. The van der Waals surface area contributed by atoms with E-state index in [1.807, 2.05) is 13.0 Å². The monoisotopic (exact) mass is 415 g/mol. The Bertz CT molecular complexity index is 990. The van der Waals surface area contributed by atoms with Crippen LogP contribution < -0.4 is 9.47 Å². The minimum atomic E-state index is -3.48. The first-order valence-electron chi connectivity index (χ1n) is 9.59. The van der Waals surface area contributed by atoms with Gasteiger partial charge in [0.05, 0.1) is 18.6 Å². The van der Waals surface area contributed by atoms with Crippen molar-refractivity contribution < 1.29 is 22.7 Å². The van der Waals surface area contributed by atoms with Crippen LogP contribution in [0.1, 0.15) is 35.7 Å². The van der Waals surface area contributed by atoms with E-state index in [9.17, 15) is 13.2 Å². The lowest BCUT2D eigenvalue weighted by molar-refractivity contribution is 0.104. The fourth-order valence-electron chi connectivity index (χ4n) is 3.20. The predicted molar refractivity (Wildman–Crippen MR) is 112 cm³/mol. The van der Waals surface area contributed by atoms with Gasteiger partial charge in [0, 0.05) is 18.7 Å². The second-order valence-corrected chi connectivity index (χ2v) is 8.61. The quantitative estimate of drug-likeness (QED) is 0.485. The van der Waals surface area contributed by atoms with Crippen molar-refractivity contribution in [2.45, 2.75) is 24.7 Å². The van der Waals surface area contributed by atoms with Crippen LogP contribution in [-0.4, -0.2) is 45.3 Å². The normalized spacial score (nSPS) is 15.0. The van der Waals surface area contributed by atoms with E-state index in [-0.39, 0.29) is 10.7 Å². The van der Waals surface area contributed by atoms with Crippen LogP contribution in [0.15, 0.2) is 53.4 Å². The molecule has 0 bridgehead atoms. The maximum Gasteiger partial charge on any atom is 0.243 e. The van der Waals surface area contributed by atoms with Crippen LogP contribution in [0.25, 0.3) is 6.08 Å². The summed E-state index contributed by atoms with van der Waals surface area (Å²) in [4.78, 5) is 12.7. The van der Waals surface area contributed by atoms with Crippen LogP contribution in [0.3, 0.4) is 0 Å². The summed E-state index contributed by atoms with van der Waals surface area (Å²) in [7, 11) is -1.90. The first-order chi connectivity index (χ1) is 14.0. The number of rotatable bonds is 8. The summed E-state index contributed by atoms with van der Waals surface area (Å²) in [6, 6.07) is 11.5. The van der Waals surface area contributed by atoms with Gasteiger partial charge < -0.3 is 9.47 Å². The number of methoxy groups -OCH3 is 1. The van der Waals surface area contributed by atoms with Gasteiger partial charge in [-0.3, -0.25) is 4.79 Å². The molecule has 0 unspecified atom stereocenters. The molecule has 0 aliphatic carbocycles. The summed E-state index contributed by atoms with van der Waals surface area (Å²) < 4.78 is 37.4. The zero-order valence-corrected chi connectivity index (χ0v) is 17.4. The molecule has 0 amide bonds. The summed E-state index contributed by atoms with van der Waals surface area (Å²) in [6.45, 7) is 3.50. The smallest absolute Gasteiger partial charge is 0.243 e. The lowest BCUT2D eigenvalue weighted by atomic mass is 10.1. The zero-order valence-electron chi connectivity index (χ0n) is 16.6. The van der Waals surface area contributed by atoms with E-state index < -0.39 is 10.0 Å². The first kappa shape index (κ1) is 21.1. The molecule has 1 heterocycles. The lowest BCUT2D eigenvalue weighted by Gasteiger charge is -2.15. The third-order valence-corrected chi connectivity index (χ3v) is 6.67. The van der Waals surface area contributed by atoms with E-state index in [0.29, 0.717) is 36.8 Å². The Hall–Kier alpha value is -2.64. The van der Waals surface area contributed by atoms with Crippen LogP contribution in [-0.2, 0) is 10.0 Å². The molecule has 0 radical (unpaired) electrons. The molecule has 2 aromatic rings. The van der Waals surface area contributed by atoms with E-state index in [1.54, 1.807) is 37.5 Å². The lowest BCUT2D eigenvalue weighted by Crippen LogP contribution is -2.27. The molecule has 0 saturated carbocycles. The number of ketones is 1. The Morgan fingerprint density at radius 3 is 2.38 bits per heavy atom. The highest BCUT2D eigenvalue weighted by Gasteiger charge is 2.27. The molecule has 0 atom stereocenters. The van der Waals surface area contributed by atoms with Crippen molar-refractivity contribution in [1.29, 1.82) is 0 Å². The minimum Gasteiger partial charge on any atom is -0.493 e. The Morgan fingerprint density at radius 1 is 1.07 bits per heavy atom. The summed E-state index contributed by atoms with van der Waals surface area (Å²) in [5.41, 5.74) is 1.23. The van der Waals surface area contributed by atoms with Gasteiger partial charge in [0.2, 0.25) is 10.0 Å². The average Bonchev–Trinajstić information content (AvgIpc) is 3.28. The fraction of sp³-hybridized carbons (Fsp3) is 0.318. The SMILES string of the molecule is CCOc1cc(/C=C/C(=O)c2ccc(S(=O)(=O)N3CCCC3)cc2)ccc1OC. The molecular weight excluding hydrogens is 390 g/mol. The number of hydrogen-bond donors (Lipinski definition) is 0. The Kier molecular flexibility index (Phi) is 6.71. The molecule has 0 spiro atoms. The van der Waals surface area contributed by atoms with E-state index in [2.05, 4.69) is 0 Å². The summed E-state index contributed by atoms with van der Waals surface area (Å²) in [5.74, 6) is 1.04. The Labute approximate surface area is 171 Å². The second-order valence-electron chi connectivity index (χ2n) is 6.68. The van der Waals surface area contributed by atoms with Crippen molar-refractivity contribution in [1.82, 2.24) is 4.31 Å². The molecule has 6 nitrogen and oxygen atoms in total. The number of carbonyl (C=O) groups excluding carboxylic acids is 1. The average molecular weight is 416 g/mol. The van der Waals surface area contributed by atoms with Crippen LogP contribution in [0.5, 0.6) is 11.5 Å². The van der Waals surface area contributed by atoms with Gasteiger partial charge in [0.25, 0.3) is 0 Å². The third kappa shape index (κ3) is 4.86. The Morgan fingerprint density at radius 2 is 1.76 bits per heavy atom. The van der Waals surface area contributed by atoms with Crippen LogP contribution in [0.2, 0.25) is 0 Å². The molecule has 7 heteroatoms. The number of sulfonamides is 1. The van der Waals surface area contributed by atoms with E-state index in [0.717, 1.165) is 18.4 Å². The van der Waals surface area contributed by atoms with Crippen molar-refractivity contribution in [2.75, 3.05) is 26.8 Å². The van der Waals surface area contributed by atoms with Gasteiger partial charge in [-0.1, -0.05) is 12.1 Å². The van der Waals surface area contributed by atoms with Crippen molar-refractivity contribution >= 4 is 21.9 Å². The molecule has 1 fully saturated rings. The fourth-order valence-corrected chi connectivity index (χ4v) is 4.72. The van der Waals surface area contributed by atoms with E-state index in [1.165, 1.54) is 22.5 Å². The highest BCUT2D eigenvalue weighted by Crippen LogP contribution is 2.28. The summed E-state index contributed by atoms with van der Waals surface area (Å²) in [5, 5.41) is 0. The number of hydrogen-bond acceptors (Lipinski definition) is 5. The van der Waals surface area contributed by atoms with Crippen molar-refractivity contribution in [3.8, 4) is 11.5 Å². The highest BCUT2D eigenvalue weighted by molar-refractivity contribution is 7.89. The number of benzene rings is 2. The molecule has 0 N–H and O–H groups in total. The highest BCUT2D eigenvalue weighted by atomic mass is 32.2. The topological polar surface area (TPSA) is 72.9 Å². The van der Waals surface area contributed by atoms with Crippen molar-refractivity contribution in [3.05, 3.63) is 59.7 Å². The van der Waals surface area contributed by atoms with Gasteiger partial charge in [0.15, 0.2) is 17.3 Å². The maximum absolute atomic E-state index is 12.6. The number of nitrogens with zero attached hydrogens (tertiary/aromatic N) is 1. The molecule has 0 aromatic heterocycles. The van der Waals surface area contributed by atoms with Crippen molar-refractivity contribution in [2.24, 2.45) is 0 Å². The third-order valence-electron chi connectivity index (χ3n) is 4.76. The van der Waals surface area contributed by atoms with Crippen LogP contribution in [0, 0.1) is 0 Å². The molecule has 29 heavy (non-hydrogen) atoms. The van der Waals surface area contributed by atoms with Gasteiger partial charge in [-0.15, -0.1) is 0 Å². The van der Waals surface area contributed by atoms with Crippen LogP contribution in [0.4, 0.5) is 0 Å². The van der Waals surface area contributed by atoms with E-state index >= 15 is 0 Å². The summed E-state index contributed by atoms with van der Waals surface area (Å²) in [6.07, 6.45) is 4.93. The molecule has 1 saturated heterocycles. The van der Waals surface area contributed by atoms with Crippen molar-refractivity contribution in [3.63, 3.8) is 0 Å². The minimum absolute atomic E-state index is 0.205. The van der Waals surface area contributed by atoms with E-state index in [4.69, 9.17) is 9.47 Å². The Balaban J connectivity index is 1.73. The second kappa shape index (κ2) is 9.24. The van der Waals surface area contributed by atoms with Gasteiger partial charge >= 0.3 is 0 Å². The largest absolute Gasteiger partial charge is 0.493 e. The molecule has 3 rings (SSSR count). The molecular formula is C22H25NO5S. The van der Waals surface area contributed by atoms with Crippen LogP contribution >= 0.6 is 0 Å². The standard InChI is InChI=1S/C22H25NO5S/c1-3-28-22-16-17(7-13-21(22)27-2)6-12-20(24)18-8-10-19(11-9-18)29(25,26)23-14-4-5-15-23/h6-13,16H,3-5,14-15H2,1-2H3/b12-6+. The molecule has 2 aromatic carbocycles. The van der Waals surface area contributed by atoms with Gasteiger partial charge in [-0.2, -0.15) is 4.31 Å². The van der Waals surface area contributed by atoms with Gasteiger partial charge in [-0.25, -0.2) is 8.42 Å². The predicted octanol–water partition coefficient (Wildman–Crippen LogP) is 3.77. The molecule has 154 valence electrons. The number of ether oxygens (including phenoxy) is 2. The van der Waals surface area contributed by atoms with Gasteiger partial charge in [0.1, 0.15) is 0 Å². The molecule has 1 aliphatic heterocycles. The zero-order chi connectivity index (χ0) is 20.9.